The Hall–Kier alpha value is -1.78. The molecule has 0 bridgehead atoms. The first-order valence-electron chi connectivity index (χ1n) is 6.36. The number of rotatable bonds is 3. The van der Waals surface area contributed by atoms with E-state index in [4.69, 9.17) is 5.73 Å². The van der Waals surface area contributed by atoms with Crippen LogP contribution in [-0.2, 0) is 0 Å². The van der Waals surface area contributed by atoms with Gasteiger partial charge in [0.15, 0.2) is 0 Å². The molecule has 0 amide bonds. The van der Waals surface area contributed by atoms with Crippen LogP contribution in [-0.4, -0.2) is 18.0 Å². The van der Waals surface area contributed by atoms with Gasteiger partial charge in [-0.25, -0.2) is 0 Å². The molecule has 2 N–H and O–H groups in total. The zero-order valence-electron chi connectivity index (χ0n) is 10.6. The van der Waals surface area contributed by atoms with Gasteiger partial charge in [-0.2, -0.15) is 0 Å². The second kappa shape index (κ2) is 5.25. The highest BCUT2D eigenvalue weighted by Crippen LogP contribution is 2.30. The first-order chi connectivity index (χ1) is 8.59. The molecule has 0 saturated heterocycles. The Bertz CT molecular complexity index is 442. The van der Waals surface area contributed by atoms with Crippen LogP contribution in [0.15, 0.2) is 18.2 Å². The minimum absolute atomic E-state index is 0.0178. The SMILES string of the molecule is CN(c1ccc([N+](=O)[O-])c(N)c1)C1CCCCC1. The molecule has 1 aliphatic carbocycles. The Labute approximate surface area is 107 Å². The molecular formula is C13H19N3O2. The molecule has 0 aromatic heterocycles. The third-order valence-corrected chi connectivity index (χ3v) is 3.74. The van der Waals surface area contributed by atoms with Crippen molar-refractivity contribution in [2.24, 2.45) is 0 Å². The minimum atomic E-state index is -0.445. The van der Waals surface area contributed by atoms with E-state index in [0.29, 0.717) is 6.04 Å². The van der Waals surface area contributed by atoms with E-state index in [0.717, 1.165) is 5.69 Å². The zero-order valence-corrected chi connectivity index (χ0v) is 10.6. The summed E-state index contributed by atoms with van der Waals surface area (Å²) in [4.78, 5) is 12.5. The van der Waals surface area contributed by atoms with Crippen molar-refractivity contribution in [3.05, 3.63) is 28.3 Å². The molecule has 0 spiro atoms. The van der Waals surface area contributed by atoms with Gasteiger partial charge in [-0.1, -0.05) is 19.3 Å². The average Bonchev–Trinajstić information content (AvgIpc) is 2.38. The van der Waals surface area contributed by atoms with Crippen molar-refractivity contribution in [3.63, 3.8) is 0 Å². The minimum Gasteiger partial charge on any atom is -0.393 e. The van der Waals surface area contributed by atoms with Crippen molar-refractivity contribution >= 4 is 17.1 Å². The Morgan fingerprint density at radius 3 is 2.56 bits per heavy atom. The summed E-state index contributed by atoms with van der Waals surface area (Å²) in [6, 6.07) is 5.50. The number of nitrogens with two attached hydrogens (primary N) is 1. The maximum absolute atomic E-state index is 10.7. The maximum atomic E-state index is 10.7. The van der Waals surface area contributed by atoms with E-state index < -0.39 is 4.92 Å². The summed E-state index contributed by atoms with van der Waals surface area (Å²) in [7, 11) is 2.04. The van der Waals surface area contributed by atoms with Crippen LogP contribution in [0.5, 0.6) is 0 Å². The molecule has 5 heteroatoms. The molecular weight excluding hydrogens is 230 g/mol. The third-order valence-electron chi connectivity index (χ3n) is 3.74. The van der Waals surface area contributed by atoms with Gasteiger partial charge in [0.1, 0.15) is 5.69 Å². The topological polar surface area (TPSA) is 72.4 Å². The monoisotopic (exact) mass is 249 g/mol. The van der Waals surface area contributed by atoms with E-state index in [2.05, 4.69) is 4.90 Å². The standard InChI is InChI=1S/C13H19N3O2/c1-15(10-5-3-2-4-6-10)11-7-8-13(16(17)18)12(14)9-11/h7-10H,2-6,14H2,1H3. The molecule has 1 aromatic rings. The van der Waals surface area contributed by atoms with Crippen LogP contribution in [0, 0.1) is 10.1 Å². The number of nitro groups is 1. The van der Waals surface area contributed by atoms with Gasteiger partial charge in [-0.3, -0.25) is 10.1 Å². The summed E-state index contributed by atoms with van der Waals surface area (Å²) in [5.74, 6) is 0. The molecule has 0 unspecified atom stereocenters. The number of nitrogens with zero attached hydrogens (tertiary/aromatic N) is 2. The van der Waals surface area contributed by atoms with Crippen LogP contribution in [0.4, 0.5) is 17.1 Å². The Morgan fingerprint density at radius 2 is 2.00 bits per heavy atom. The molecule has 1 aromatic carbocycles. The van der Waals surface area contributed by atoms with Gasteiger partial charge in [-0.05, 0) is 25.0 Å². The predicted octanol–water partition coefficient (Wildman–Crippen LogP) is 2.95. The molecule has 0 atom stereocenters. The van der Waals surface area contributed by atoms with Crippen LogP contribution < -0.4 is 10.6 Å². The number of hydrogen-bond donors (Lipinski definition) is 1. The van der Waals surface area contributed by atoms with E-state index in [1.165, 1.54) is 38.2 Å². The van der Waals surface area contributed by atoms with E-state index in [9.17, 15) is 10.1 Å². The van der Waals surface area contributed by atoms with E-state index in [-0.39, 0.29) is 11.4 Å². The summed E-state index contributed by atoms with van der Waals surface area (Å²) >= 11 is 0. The summed E-state index contributed by atoms with van der Waals surface area (Å²) < 4.78 is 0. The van der Waals surface area contributed by atoms with E-state index in [1.54, 1.807) is 12.1 Å². The number of benzene rings is 1. The quantitative estimate of drug-likeness (QED) is 0.508. The zero-order chi connectivity index (χ0) is 13.1. The van der Waals surface area contributed by atoms with Gasteiger partial charge >= 0.3 is 0 Å². The van der Waals surface area contributed by atoms with Gasteiger partial charge in [0.2, 0.25) is 0 Å². The first-order valence-corrected chi connectivity index (χ1v) is 6.36. The van der Waals surface area contributed by atoms with Crippen molar-refractivity contribution < 1.29 is 4.92 Å². The molecule has 5 nitrogen and oxygen atoms in total. The lowest BCUT2D eigenvalue weighted by molar-refractivity contribution is -0.383. The highest BCUT2D eigenvalue weighted by atomic mass is 16.6. The smallest absolute Gasteiger partial charge is 0.292 e. The molecule has 1 saturated carbocycles. The Morgan fingerprint density at radius 1 is 1.33 bits per heavy atom. The van der Waals surface area contributed by atoms with Crippen molar-refractivity contribution in [1.29, 1.82) is 0 Å². The Balaban J connectivity index is 2.17. The fourth-order valence-corrected chi connectivity index (χ4v) is 2.61. The normalized spacial score (nSPS) is 16.5. The summed E-state index contributed by atoms with van der Waals surface area (Å²) in [5, 5.41) is 10.7. The molecule has 1 aliphatic rings. The number of nitrogen functional groups attached to an aromatic ring is 1. The van der Waals surface area contributed by atoms with Gasteiger partial charge in [0.25, 0.3) is 5.69 Å². The number of hydrogen-bond acceptors (Lipinski definition) is 4. The van der Waals surface area contributed by atoms with Crippen LogP contribution >= 0.6 is 0 Å². The maximum Gasteiger partial charge on any atom is 0.292 e. The predicted molar refractivity (Wildman–Crippen MR) is 72.8 cm³/mol. The van der Waals surface area contributed by atoms with Gasteiger partial charge in [-0.15, -0.1) is 0 Å². The molecule has 2 rings (SSSR count). The van der Waals surface area contributed by atoms with Gasteiger partial charge in [0, 0.05) is 24.8 Å². The molecule has 18 heavy (non-hydrogen) atoms. The van der Waals surface area contributed by atoms with Crippen LogP contribution in [0.2, 0.25) is 0 Å². The molecule has 0 heterocycles. The number of anilines is 2. The second-order valence-electron chi connectivity index (χ2n) is 4.90. The largest absolute Gasteiger partial charge is 0.393 e. The van der Waals surface area contributed by atoms with E-state index in [1.807, 2.05) is 7.05 Å². The van der Waals surface area contributed by atoms with Crippen LogP contribution in [0.1, 0.15) is 32.1 Å². The summed E-state index contributed by atoms with van der Waals surface area (Å²) in [6.45, 7) is 0. The number of nitro benzene ring substituents is 1. The molecule has 98 valence electrons. The molecule has 0 aliphatic heterocycles. The van der Waals surface area contributed by atoms with Crippen molar-refractivity contribution in [1.82, 2.24) is 0 Å². The molecule has 0 radical (unpaired) electrons. The van der Waals surface area contributed by atoms with Crippen molar-refractivity contribution in [2.45, 2.75) is 38.1 Å². The highest BCUT2D eigenvalue weighted by molar-refractivity contribution is 5.66. The fourth-order valence-electron chi connectivity index (χ4n) is 2.61. The van der Waals surface area contributed by atoms with Gasteiger partial charge < -0.3 is 10.6 Å². The van der Waals surface area contributed by atoms with Crippen molar-refractivity contribution in [2.75, 3.05) is 17.7 Å². The molecule has 1 fully saturated rings. The second-order valence-corrected chi connectivity index (χ2v) is 4.90. The van der Waals surface area contributed by atoms with E-state index >= 15 is 0 Å². The van der Waals surface area contributed by atoms with Crippen LogP contribution in [0.3, 0.4) is 0 Å². The average molecular weight is 249 g/mol. The fraction of sp³-hybridized carbons (Fsp3) is 0.538. The lowest BCUT2D eigenvalue weighted by atomic mass is 9.94. The Kier molecular flexibility index (Phi) is 3.69. The lowest BCUT2D eigenvalue weighted by Gasteiger charge is -2.33. The first kappa shape index (κ1) is 12.7. The van der Waals surface area contributed by atoms with Crippen LogP contribution in [0.25, 0.3) is 0 Å². The lowest BCUT2D eigenvalue weighted by Crippen LogP contribution is -2.33. The van der Waals surface area contributed by atoms with Gasteiger partial charge in [0.05, 0.1) is 4.92 Å². The summed E-state index contributed by atoms with van der Waals surface area (Å²) in [5.41, 5.74) is 6.90. The third kappa shape index (κ3) is 2.55. The summed E-state index contributed by atoms with van der Waals surface area (Å²) in [6.07, 6.45) is 6.21. The highest BCUT2D eigenvalue weighted by Gasteiger charge is 2.20. The van der Waals surface area contributed by atoms with Crippen molar-refractivity contribution in [3.8, 4) is 0 Å².